The number of ether oxygens (including phenoxy) is 3. The Balaban J connectivity index is 2.39. The third kappa shape index (κ3) is 4.67. The molecule has 1 aromatic heterocycles. The van der Waals surface area contributed by atoms with Gasteiger partial charge in [-0.15, -0.1) is 0 Å². The van der Waals surface area contributed by atoms with Crippen molar-refractivity contribution in [1.29, 1.82) is 0 Å². The molecule has 0 atom stereocenters. The Hall–Kier alpha value is -3.50. The molecule has 0 amide bonds. The molecule has 178 valence electrons. The zero-order chi connectivity index (χ0) is 24.3. The van der Waals surface area contributed by atoms with E-state index >= 15 is 8.78 Å². The summed E-state index contributed by atoms with van der Waals surface area (Å²) >= 11 is 0. The molecule has 1 fully saturated rings. The molecule has 0 saturated heterocycles. The van der Waals surface area contributed by atoms with Crippen LogP contribution in [0.15, 0.2) is 11.0 Å². The van der Waals surface area contributed by atoms with Crippen LogP contribution in [0, 0.1) is 11.6 Å². The predicted molar refractivity (Wildman–Crippen MR) is 113 cm³/mol. The third-order valence-corrected chi connectivity index (χ3v) is 4.98. The van der Waals surface area contributed by atoms with E-state index in [1.807, 2.05) is 0 Å². The number of carbonyl (C=O) groups is 3. The first-order valence-electron chi connectivity index (χ1n) is 10.6. The molecule has 1 aliphatic rings. The fourth-order valence-electron chi connectivity index (χ4n) is 3.48. The van der Waals surface area contributed by atoms with Gasteiger partial charge in [0.25, 0.3) is 0 Å². The maximum atomic E-state index is 15.3. The van der Waals surface area contributed by atoms with Gasteiger partial charge < -0.3 is 24.1 Å². The lowest BCUT2D eigenvalue weighted by Crippen LogP contribution is -2.26. The van der Waals surface area contributed by atoms with Crippen LogP contribution in [0.4, 0.5) is 14.5 Å². The number of nitrogens with one attached hydrogen (secondary N) is 1. The first-order valence-corrected chi connectivity index (χ1v) is 10.6. The summed E-state index contributed by atoms with van der Waals surface area (Å²) in [5, 5.41) is 2.07. The molecule has 0 spiro atoms. The van der Waals surface area contributed by atoms with Crippen molar-refractivity contribution >= 4 is 34.5 Å². The Bertz CT molecular complexity index is 1170. The van der Waals surface area contributed by atoms with Gasteiger partial charge in [0.1, 0.15) is 17.7 Å². The summed E-state index contributed by atoms with van der Waals surface area (Å²) in [6.07, 6.45) is 2.38. The van der Waals surface area contributed by atoms with Gasteiger partial charge in [0.2, 0.25) is 5.43 Å². The van der Waals surface area contributed by atoms with Crippen molar-refractivity contribution in [2.75, 3.05) is 31.7 Å². The molecule has 33 heavy (non-hydrogen) atoms. The highest BCUT2D eigenvalue weighted by Gasteiger charge is 2.34. The van der Waals surface area contributed by atoms with E-state index in [1.165, 1.54) is 11.5 Å². The largest absolute Gasteiger partial charge is 0.465 e. The highest BCUT2D eigenvalue weighted by atomic mass is 19.2. The number of hydrogen-bond donors (Lipinski definition) is 1. The van der Waals surface area contributed by atoms with Crippen molar-refractivity contribution in [3.63, 3.8) is 0 Å². The number of fused-ring (bicyclic) bond motifs is 1. The van der Waals surface area contributed by atoms with Crippen LogP contribution in [0.25, 0.3) is 10.9 Å². The van der Waals surface area contributed by atoms with Crippen LogP contribution >= 0.6 is 0 Å². The van der Waals surface area contributed by atoms with Gasteiger partial charge in [-0.1, -0.05) is 0 Å². The number of halogens is 2. The molecule has 1 aromatic carbocycles. The Labute approximate surface area is 187 Å². The summed E-state index contributed by atoms with van der Waals surface area (Å²) in [6, 6.07) is -0.276. The zero-order valence-electron chi connectivity index (χ0n) is 18.5. The van der Waals surface area contributed by atoms with Crippen molar-refractivity contribution in [2.24, 2.45) is 0 Å². The number of carbonyl (C=O) groups excluding carboxylic acids is 3. The summed E-state index contributed by atoms with van der Waals surface area (Å²) in [5.74, 6) is -5.91. The number of benzene rings is 1. The summed E-state index contributed by atoms with van der Waals surface area (Å²) in [6.45, 7) is 3.95. The smallest absolute Gasteiger partial charge is 0.343 e. The minimum Gasteiger partial charge on any atom is -0.465 e. The Morgan fingerprint density at radius 3 is 2.18 bits per heavy atom. The van der Waals surface area contributed by atoms with Crippen molar-refractivity contribution in [3.05, 3.63) is 39.2 Å². The van der Waals surface area contributed by atoms with E-state index in [9.17, 15) is 19.2 Å². The minimum absolute atomic E-state index is 0.0143. The third-order valence-electron chi connectivity index (χ3n) is 4.98. The van der Waals surface area contributed by atoms with Crippen LogP contribution in [-0.2, 0) is 19.0 Å². The van der Waals surface area contributed by atoms with E-state index in [-0.39, 0.29) is 25.9 Å². The zero-order valence-corrected chi connectivity index (χ0v) is 18.5. The number of aromatic nitrogens is 1. The molecule has 9 nitrogen and oxygen atoms in total. The molecule has 1 N–H and O–H groups in total. The molecule has 11 heteroatoms. The molecule has 0 unspecified atom stereocenters. The number of rotatable bonds is 9. The van der Waals surface area contributed by atoms with Crippen LogP contribution in [0.3, 0.4) is 0 Å². The Morgan fingerprint density at radius 1 is 1.00 bits per heavy atom. The van der Waals surface area contributed by atoms with Gasteiger partial charge in [-0.2, -0.15) is 0 Å². The summed E-state index contributed by atoms with van der Waals surface area (Å²) < 4.78 is 46.4. The maximum Gasteiger partial charge on any atom is 0.343 e. The molecule has 0 radical (unpaired) electrons. The topological polar surface area (TPSA) is 113 Å². The molecule has 1 saturated carbocycles. The second-order valence-electron chi connectivity index (χ2n) is 7.21. The van der Waals surface area contributed by atoms with Gasteiger partial charge in [0.15, 0.2) is 11.6 Å². The summed E-state index contributed by atoms with van der Waals surface area (Å²) in [7, 11) is 0. The van der Waals surface area contributed by atoms with Crippen LogP contribution in [0.5, 0.6) is 0 Å². The minimum atomic E-state index is -1.54. The normalized spacial score (nSPS) is 13.0. The maximum absolute atomic E-state index is 15.3. The monoisotopic (exact) mass is 466 g/mol. The number of esters is 3. The van der Waals surface area contributed by atoms with E-state index in [4.69, 9.17) is 14.2 Å². The molecule has 1 heterocycles. The SMILES string of the molecule is CCOC(=O)CNc1c(C(=O)OCC)c(F)c(F)c2c1c(=O)c(C(=O)OCC)cn2C1CC1. The standard InChI is InChI=1S/C22H24F2N2O7/c1-4-31-13(27)9-25-18-14(22(30)33-6-3)16(23)17(24)19-15(18)20(28)12(21(29)32-5-2)10-26(19)11-7-8-11/h10-11,25H,4-9H2,1-3H3. The van der Waals surface area contributed by atoms with Crippen molar-refractivity contribution < 1.29 is 37.4 Å². The number of hydrogen-bond acceptors (Lipinski definition) is 8. The lowest BCUT2D eigenvalue weighted by molar-refractivity contribution is -0.140. The van der Waals surface area contributed by atoms with E-state index in [2.05, 4.69) is 5.32 Å². The fraction of sp³-hybridized carbons (Fsp3) is 0.455. The second-order valence-corrected chi connectivity index (χ2v) is 7.21. The molecule has 3 rings (SSSR count). The van der Waals surface area contributed by atoms with Gasteiger partial charge >= 0.3 is 17.9 Å². The van der Waals surface area contributed by atoms with Gasteiger partial charge in [-0.05, 0) is 33.6 Å². The molecule has 1 aliphatic carbocycles. The van der Waals surface area contributed by atoms with E-state index < -0.39 is 69.2 Å². The van der Waals surface area contributed by atoms with Crippen LogP contribution < -0.4 is 10.7 Å². The van der Waals surface area contributed by atoms with Crippen molar-refractivity contribution in [1.82, 2.24) is 4.57 Å². The van der Waals surface area contributed by atoms with E-state index in [1.54, 1.807) is 13.8 Å². The first kappa shape index (κ1) is 24.1. The highest BCUT2D eigenvalue weighted by molar-refractivity contribution is 6.08. The molecular weight excluding hydrogens is 442 g/mol. The Kier molecular flexibility index (Phi) is 7.29. The number of pyridine rings is 1. The average Bonchev–Trinajstić information content (AvgIpc) is 3.61. The second kappa shape index (κ2) is 9.97. The first-order chi connectivity index (χ1) is 15.8. The van der Waals surface area contributed by atoms with Gasteiger partial charge in [-0.25, -0.2) is 18.4 Å². The summed E-state index contributed by atoms with van der Waals surface area (Å²) in [4.78, 5) is 50.2. The molecule has 0 aliphatic heterocycles. The predicted octanol–water partition coefficient (Wildman–Crippen LogP) is 2.94. The lowest BCUT2D eigenvalue weighted by Gasteiger charge is -2.19. The van der Waals surface area contributed by atoms with Crippen LogP contribution in [-0.4, -0.2) is 48.8 Å². The lowest BCUT2D eigenvalue weighted by atomic mass is 10.0. The molecular formula is C22H24F2N2O7. The fourth-order valence-corrected chi connectivity index (χ4v) is 3.48. The van der Waals surface area contributed by atoms with Crippen LogP contribution in [0.2, 0.25) is 0 Å². The Morgan fingerprint density at radius 2 is 1.61 bits per heavy atom. The highest BCUT2D eigenvalue weighted by Crippen LogP contribution is 2.40. The van der Waals surface area contributed by atoms with Gasteiger partial charge in [0, 0.05) is 12.2 Å². The quantitative estimate of drug-likeness (QED) is 0.443. The molecule has 0 bridgehead atoms. The van der Waals surface area contributed by atoms with E-state index in [0.29, 0.717) is 12.8 Å². The number of nitrogens with zero attached hydrogens (tertiary/aromatic N) is 1. The van der Waals surface area contributed by atoms with Gasteiger partial charge in [-0.3, -0.25) is 9.59 Å². The summed E-state index contributed by atoms with van der Waals surface area (Å²) in [5.41, 5.74) is -3.15. The molecule has 2 aromatic rings. The van der Waals surface area contributed by atoms with Crippen LogP contribution in [0.1, 0.15) is 60.4 Å². The number of anilines is 1. The average molecular weight is 466 g/mol. The van der Waals surface area contributed by atoms with Crippen molar-refractivity contribution in [3.8, 4) is 0 Å². The van der Waals surface area contributed by atoms with Gasteiger partial charge in [0.05, 0.1) is 36.4 Å². The van der Waals surface area contributed by atoms with Crippen molar-refractivity contribution in [2.45, 2.75) is 39.7 Å². The van der Waals surface area contributed by atoms with E-state index in [0.717, 1.165) is 6.20 Å².